The number of primary amides is 1. The first-order valence-corrected chi connectivity index (χ1v) is 14.2. The number of aryl methyl sites for hydroxylation is 1. The highest BCUT2D eigenvalue weighted by atomic mass is 19.4. The number of nitrogens with zero attached hydrogens (tertiary/aromatic N) is 1. The number of nitrogens with one attached hydrogen (secondary N) is 1. The molecule has 230 valence electrons. The lowest BCUT2D eigenvalue weighted by atomic mass is 10.0. The molecule has 0 aliphatic rings. The zero-order valence-corrected chi connectivity index (χ0v) is 24.3. The number of fused-ring (bicyclic) bond motifs is 1. The van der Waals surface area contributed by atoms with Crippen molar-refractivity contribution < 1.29 is 37.0 Å². The fourth-order valence-corrected chi connectivity index (χ4v) is 4.79. The molecular weight excluding hydrogens is 551 g/mol. The van der Waals surface area contributed by atoms with Crippen LogP contribution >= 0.6 is 0 Å². The maximum atomic E-state index is 12.5. The van der Waals surface area contributed by atoms with Crippen molar-refractivity contribution in [1.82, 2.24) is 9.88 Å². The molecule has 1 heterocycles. The molecule has 0 saturated carbocycles. The van der Waals surface area contributed by atoms with E-state index in [9.17, 15) is 22.8 Å². The van der Waals surface area contributed by atoms with Crippen LogP contribution in [0.15, 0.2) is 48.7 Å². The Morgan fingerprint density at radius 1 is 1.02 bits per heavy atom. The molecule has 3 aromatic rings. The monoisotopic (exact) mass is 591 g/mol. The molecule has 3 N–H and O–H groups in total. The van der Waals surface area contributed by atoms with Crippen molar-refractivity contribution in [1.29, 1.82) is 0 Å². The van der Waals surface area contributed by atoms with Gasteiger partial charge in [0.25, 0.3) is 5.91 Å². The molecular formula is C31H40F3N3O5. The van der Waals surface area contributed by atoms with Gasteiger partial charge in [-0.1, -0.05) is 26.0 Å². The third-order valence-corrected chi connectivity index (χ3v) is 6.93. The number of halogens is 3. The maximum Gasteiger partial charge on any atom is 0.422 e. The second kappa shape index (κ2) is 15.5. The van der Waals surface area contributed by atoms with E-state index in [4.69, 9.17) is 19.9 Å². The summed E-state index contributed by atoms with van der Waals surface area (Å²) in [6.45, 7) is 6.07. The van der Waals surface area contributed by atoms with Crippen molar-refractivity contribution in [2.75, 3.05) is 26.4 Å². The molecule has 8 nitrogen and oxygen atoms in total. The van der Waals surface area contributed by atoms with Crippen LogP contribution in [-0.4, -0.2) is 55.0 Å². The Kier molecular flexibility index (Phi) is 12.1. The highest BCUT2D eigenvalue weighted by Gasteiger charge is 2.29. The van der Waals surface area contributed by atoms with E-state index in [1.165, 1.54) is 6.07 Å². The molecule has 0 bridgehead atoms. The van der Waals surface area contributed by atoms with Gasteiger partial charge in [-0.05, 0) is 68.5 Å². The average Bonchev–Trinajstić information content (AvgIpc) is 3.35. The van der Waals surface area contributed by atoms with Gasteiger partial charge in [0.2, 0.25) is 0 Å². The van der Waals surface area contributed by atoms with Crippen LogP contribution in [-0.2, 0) is 22.5 Å². The third-order valence-electron chi connectivity index (χ3n) is 6.93. The van der Waals surface area contributed by atoms with Crippen LogP contribution in [0, 0.1) is 5.92 Å². The van der Waals surface area contributed by atoms with Gasteiger partial charge in [-0.3, -0.25) is 9.59 Å². The molecule has 1 unspecified atom stereocenters. The summed E-state index contributed by atoms with van der Waals surface area (Å²) >= 11 is 0. The Hall–Kier alpha value is -3.73. The highest BCUT2D eigenvalue weighted by Crippen LogP contribution is 2.28. The van der Waals surface area contributed by atoms with E-state index in [2.05, 4.69) is 5.32 Å². The summed E-state index contributed by atoms with van der Waals surface area (Å²) in [6.07, 6.45) is 0.187. The minimum Gasteiger partial charge on any atom is -0.488 e. The smallest absolute Gasteiger partial charge is 0.422 e. The summed E-state index contributed by atoms with van der Waals surface area (Å²) in [6, 6.07) is 12.0. The number of benzene rings is 2. The van der Waals surface area contributed by atoms with Gasteiger partial charge in [-0.2, -0.15) is 13.2 Å². The highest BCUT2D eigenvalue weighted by molar-refractivity contribution is 6.05. The summed E-state index contributed by atoms with van der Waals surface area (Å²) in [5, 5.41) is 4.22. The number of rotatable bonds is 17. The predicted octanol–water partition coefficient (Wildman–Crippen LogP) is 5.65. The molecule has 1 atom stereocenters. The Morgan fingerprint density at radius 3 is 2.36 bits per heavy atom. The number of hydrogen-bond acceptors (Lipinski definition) is 6. The average molecular weight is 592 g/mol. The van der Waals surface area contributed by atoms with Gasteiger partial charge in [-0.25, -0.2) is 0 Å². The number of aromatic nitrogens is 1. The lowest BCUT2D eigenvalue weighted by Crippen LogP contribution is -2.32. The zero-order valence-electron chi connectivity index (χ0n) is 24.3. The Bertz CT molecular complexity index is 1320. The molecule has 0 saturated heterocycles. The fraction of sp³-hybridized carbons (Fsp3) is 0.484. The number of para-hydroxylation sites is 2. The largest absolute Gasteiger partial charge is 0.488 e. The number of alkyl halides is 3. The third kappa shape index (κ3) is 9.68. The van der Waals surface area contributed by atoms with E-state index < -0.39 is 18.7 Å². The summed E-state index contributed by atoms with van der Waals surface area (Å²) in [5.41, 5.74) is 7.85. The van der Waals surface area contributed by atoms with Crippen molar-refractivity contribution >= 4 is 22.8 Å². The molecule has 0 radical (unpaired) electrons. The number of carbonyl (C=O) groups excluding carboxylic acids is 2. The van der Waals surface area contributed by atoms with Gasteiger partial charge in [0.1, 0.15) is 6.61 Å². The first-order chi connectivity index (χ1) is 20.0. The van der Waals surface area contributed by atoms with Gasteiger partial charge in [-0.15, -0.1) is 0 Å². The molecule has 3 rings (SSSR count). The van der Waals surface area contributed by atoms with Crippen LogP contribution in [0.25, 0.3) is 10.9 Å². The molecule has 0 aliphatic heterocycles. The quantitative estimate of drug-likeness (QED) is 0.155. The van der Waals surface area contributed by atoms with E-state index in [1.54, 1.807) is 24.3 Å². The van der Waals surface area contributed by atoms with Gasteiger partial charge in [0.05, 0.1) is 23.6 Å². The van der Waals surface area contributed by atoms with Crippen LogP contribution in [0.5, 0.6) is 11.5 Å². The van der Waals surface area contributed by atoms with E-state index in [0.717, 1.165) is 29.3 Å². The number of amides is 1. The molecule has 0 spiro atoms. The normalized spacial score (nSPS) is 12.5. The SMILES string of the molecule is CCC(CC)C(=O)OCCCn1ccc2cc(CC(C)NCCOc3ccccc3OCC(F)(F)F)cc(C(N)=O)c21. The number of carbonyl (C=O) groups is 2. The summed E-state index contributed by atoms with van der Waals surface area (Å²) in [4.78, 5) is 24.5. The Labute approximate surface area is 244 Å². The molecule has 1 amide bonds. The topological polar surface area (TPSA) is 105 Å². The summed E-state index contributed by atoms with van der Waals surface area (Å²) in [7, 11) is 0. The minimum atomic E-state index is -4.44. The number of esters is 1. The van der Waals surface area contributed by atoms with E-state index in [-0.39, 0.29) is 36.0 Å². The maximum absolute atomic E-state index is 12.5. The van der Waals surface area contributed by atoms with Crippen LogP contribution in [0.1, 0.15) is 56.0 Å². The molecule has 0 fully saturated rings. The van der Waals surface area contributed by atoms with Crippen molar-refractivity contribution in [3.05, 3.63) is 59.8 Å². The number of ether oxygens (including phenoxy) is 3. The number of nitrogens with two attached hydrogens (primary N) is 1. The van der Waals surface area contributed by atoms with Gasteiger partial charge in [0, 0.05) is 30.7 Å². The van der Waals surface area contributed by atoms with Crippen LogP contribution < -0.4 is 20.5 Å². The lowest BCUT2D eigenvalue weighted by Gasteiger charge is -2.17. The van der Waals surface area contributed by atoms with E-state index in [0.29, 0.717) is 38.1 Å². The predicted molar refractivity (Wildman–Crippen MR) is 155 cm³/mol. The van der Waals surface area contributed by atoms with Crippen LogP contribution in [0.2, 0.25) is 0 Å². The van der Waals surface area contributed by atoms with Gasteiger partial charge >= 0.3 is 12.1 Å². The number of hydrogen-bond donors (Lipinski definition) is 2. The first-order valence-electron chi connectivity index (χ1n) is 14.2. The van der Waals surface area contributed by atoms with Gasteiger partial charge < -0.3 is 29.8 Å². The molecule has 2 aromatic carbocycles. The Balaban J connectivity index is 1.54. The second-order valence-electron chi connectivity index (χ2n) is 10.2. The van der Waals surface area contributed by atoms with Crippen LogP contribution in [0.3, 0.4) is 0 Å². The van der Waals surface area contributed by atoms with Gasteiger partial charge in [0.15, 0.2) is 18.1 Å². The van der Waals surface area contributed by atoms with Crippen molar-refractivity contribution in [3.8, 4) is 11.5 Å². The first kappa shape index (κ1) is 32.8. The van der Waals surface area contributed by atoms with Crippen molar-refractivity contribution in [2.45, 2.75) is 65.2 Å². The minimum absolute atomic E-state index is 0.00957. The fourth-order valence-electron chi connectivity index (χ4n) is 4.79. The lowest BCUT2D eigenvalue weighted by molar-refractivity contribution is -0.153. The van der Waals surface area contributed by atoms with E-state index in [1.807, 2.05) is 43.7 Å². The van der Waals surface area contributed by atoms with E-state index >= 15 is 0 Å². The molecule has 1 aromatic heterocycles. The summed E-state index contributed by atoms with van der Waals surface area (Å²) < 4.78 is 55.4. The van der Waals surface area contributed by atoms with Crippen LogP contribution in [0.4, 0.5) is 13.2 Å². The summed E-state index contributed by atoms with van der Waals surface area (Å²) in [5.74, 6) is -0.507. The standard InChI is InChI=1S/C31H40F3N3O5/c1-4-23(5-2)30(39)41-15-8-13-37-14-11-24-18-22(19-25(28(24)37)29(35)38)17-21(3)36-12-16-40-26-9-6-7-10-27(26)42-20-31(32,33)34/h6-7,9-11,14,18-19,21,23,36H,4-5,8,12-13,15-17,20H2,1-3H3,(H2,35,38). The molecule has 42 heavy (non-hydrogen) atoms. The zero-order chi connectivity index (χ0) is 30.7. The Morgan fingerprint density at radius 2 is 1.71 bits per heavy atom. The van der Waals surface area contributed by atoms with Crippen molar-refractivity contribution in [3.63, 3.8) is 0 Å². The molecule has 0 aliphatic carbocycles. The molecule has 11 heteroatoms. The van der Waals surface area contributed by atoms with Crippen molar-refractivity contribution in [2.24, 2.45) is 11.7 Å². The second-order valence-corrected chi connectivity index (χ2v) is 10.2.